The van der Waals surface area contributed by atoms with Crippen molar-refractivity contribution in [1.29, 1.82) is 0 Å². The number of halogens is 1. The third kappa shape index (κ3) is 3.20. The average Bonchev–Trinajstić information content (AvgIpc) is 3.18. The summed E-state index contributed by atoms with van der Waals surface area (Å²) in [5, 5.41) is 8.97. The normalized spacial score (nSPS) is 13.0. The highest BCUT2D eigenvalue weighted by Crippen LogP contribution is 2.34. The number of anilines is 2. The molecule has 1 aromatic carbocycles. The van der Waals surface area contributed by atoms with Gasteiger partial charge < -0.3 is 4.98 Å². The van der Waals surface area contributed by atoms with Gasteiger partial charge in [0.2, 0.25) is 5.95 Å². The molecule has 0 saturated heterocycles. The fourth-order valence-electron chi connectivity index (χ4n) is 3.28. The highest BCUT2D eigenvalue weighted by atomic mass is 79.9. The van der Waals surface area contributed by atoms with E-state index in [-0.39, 0.29) is 0 Å². The number of fused-ring (bicyclic) bond motifs is 2. The molecule has 25 heavy (non-hydrogen) atoms. The molecule has 0 saturated carbocycles. The van der Waals surface area contributed by atoms with Gasteiger partial charge in [0.15, 0.2) is 10.6 Å². The Labute approximate surface area is 155 Å². The van der Waals surface area contributed by atoms with Crippen LogP contribution in [0.2, 0.25) is 0 Å². The fraction of sp³-hybridized carbons (Fsp3) is 0.389. The van der Waals surface area contributed by atoms with Crippen molar-refractivity contribution in [2.24, 2.45) is 0 Å². The third-order valence-corrected chi connectivity index (χ3v) is 4.92. The second kappa shape index (κ2) is 7.00. The van der Waals surface area contributed by atoms with Crippen molar-refractivity contribution in [2.75, 3.05) is 11.4 Å². The van der Waals surface area contributed by atoms with E-state index in [1.807, 2.05) is 6.07 Å². The molecule has 3 aromatic rings. The summed E-state index contributed by atoms with van der Waals surface area (Å²) >= 11 is 3.47. The number of nitrogens with one attached hydrogen (secondary N) is 1. The van der Waals surface area contributed by atoms with Gasteiger partial charge in [0.05, 0.1) is 12.2 Å². The molecule has 0 spiro atoms. The number of H-pyrrole nitrogens is 1. The van der Waals surface area contributed by atoms with Gasteiger partial charge in [0.25, 0.3) is 0 Å². The Balaban J connectivity index is 1.67. The second-order valence-corrected chi connectivity index (χ2v) is 7.10. The first-order chi connectivity index (χ1) is 12.3. The van der Waals surface area contributed by atoms with Gasteiger partial charge in [0.1, 0.15) is 5.82 Å². The van der Waals surface area contributed by atoms with Gasteiger partial charge >= 0.3 is 0 Å². The van der Waals surface area contributed by atoms with Crippen LogP contribution >= 0.6 is 15.9 Å². The zero-order valence-electron chi connectivity index (χ0n) is 14.2. The number of aromatic nitrogens is 5. The molecule has 2 aromatic heterocycles. The molecule has 0 amide bonds. The number of imidazole rings is 1. The van der Waals surface area contributed by atoms with E-state index in [1.165, 1.54) is 18.4 Å². The fourth-order valence-corrected chi connectivity index (χ4v) is 3.68. The zero-order valence-corrected chi connectivity index (χ0v) is 15.8. The molecule has 4 rings (SSSR count). The Morgan fingerprint density at radius 1 is 1.16 bits per heavy atom. The minimum atomic E-state index is 0.725. The van der Waals surface area contributed by atoms with E-state index >= 15 is 0 Å². The molecule has 0 fully saturated rings. The second-order valence-electron chi connectivity index (χ2n) is 6.35. The molecule has 0 radical (unpaired) electrons. The number of aromatic amines is 1. The predicted octanol–water partition coefficient (Wildman–Crippen LogP) is 4.04. The minimum Gasteiger partial charge on any atom is -0.333 e. The van der Waals surface area contributed by atoms with Crippen LogP contribution < -0.4 is 4.90 Å². The molecule has 6 nitrogen and oxygen atoms in total. The van der Waals surface area contributed by atoms with E-state index in [9.17, 15) is 0 Å². The zero-order chi connectivity index (χ0) is 17.2. The van der Waals surface area contributed by atoms with Gasteiger partial charge in [-0.25, -0.2) is 4.98 Å². The Kier molecular flexibility index (Phi) is 4.57. The maximum Gasteiger partial charge on any atom is 0.233 e. The van der Waals surface area contributed by atoms with Crippen LogP contribution in [0.15, 0.2) is 35.1 Å². The summed E-state index contributed by atoms with van der Waals surface area (Å²) in [6, 6.07) is 10.4. The van der Waals surface area contributed by atoms with E-state index in [1.54, 1.807) is 0 Å². The average molecular weight is 401 g/mol. The molecule has 130 valence electrons. The first-order valence-electron chi connectivity index (χ1n) is 8.74. The summed E-state index contributed by atoms with van der Waals surface area (Å²) in [6.45, 7) is 3.84. The van der Waals surface area contributed by atoms with Crippen molar-refractivity contribution >= 4 is 27.7 Å². The lowest BCUT2D eigenvalue weighted by Gasteiger charge is -2.27. The number of unbranched alkanes of at least 4 members (excludes halogenated alkanes) is 2. The summed E-state index contributed by atoms with van der Waals surface area (Å²) in [5.41, 5.74) is 2.34. The van der Waals surface area contributed by atoms with Gasteiger partial charge in [0, 0.05) is 13.0 Å². The van der Waals surface area contributed by atoms with Crippen LogP contribution in [-0.4, -0.2) is 31.3 Å². The SMILES string of the molecule is CCCCCN1c2nc(Br)[nH]c2Cn2c(Cc3ccccc3)nnc21. The molecule has 0 unspecified atom stereocenters. The molecule has 1 N–H and O–H groups in total. The number of hydrogen-bond donors (Lipinski definition) is 1. The Morgan fingerprint density at radius 3 is 2.80 bits per heavy atom. The third-order valence-electron chi connectivity index (χ3n) is 4.54. The standard InChI is InChI=1S/C18H21BrN6/c1-2-3-7-10-24-16-14(20-17(19)21-16)12-25-15(22-23-18(24)25)11-13-8-5-4-6-9-13/h4-6,8-9H,2-3,7,10-12H2,1H3,(H,20,21). The van der Waals surface area contributed by atoms with Crippen molar-refractivity contribution in [3.63, 3.8) is 0 Å². The number of nitrogens with zero attached hydrogens (tertiary/aromatic N) is 5. The smallest absolute Gasteiger partial charge is 0.233 e. The minimum absolute atomic E-state index is 0.725. The number of benzene rings is 1. The Morgan fingerprint density at radius 2 is 2.00 bits per heavy atom. The Hall–Kier alpha value is -2.15. The summed E-state index contributed by atoms with van der Waals surface area (Å²) in [5.74, 6) is 2.85. The Bertz CT molecular complexity index is 854. The summed E-state index contributed by atoms with van der Waals surface area (Å²) in [6.07, 6.45) is 4.28. The van der Waals surface area contributed by atoms with Crippen LogP contribution in [0.4, 0.5) is 11.8 Å². The molecular weight excluding hydrogens is 380 g/mol. The maximum atomic E-state index is 4.61. The maximum absolute atomic E-state index is 4.61. The largest absolute Gasteiger partial charge is 0.333 e. The first kappa shape index (κ1) is 16.3. The highest BCUT2D eigenvalue weighted by molar-refractivity contribution is 9.10. The monoisotopic (exact) mass is 400 g/mol. The van der Waals surface area contributed by atoms with Crippen molar-refractivity contribution in [2.45, 2.75) is 39.2 Å². The highest BCUT2D eigenvalue weighted by Gasteiger charge is 2.29. The molecule has 0 bridgehead atoms. The van der Waals surface area contributed by atoms with Gasteiger partial charge in [-0.1, -0.05) is 50.1 Å². The van der Waals surface area contributed by atoms with Crippen LogP contribution in [0.3, 0.4) is 0 Å². The molecule has 3 heterocycles. The van der Waals surface area contributed by atoms with Crippen molar-refractivity contribution in [3.8, 4) is 0 Å². The lowest BCUT2D eigenvalue weighted by atomic mass is 10.1. The van der Waals surface area contributed by atoms with E-state index in [0.29, 0.717) is 0 Å². The van der Waals surface area contributed by atoms with Crippen molar-refractivity contribution in [3.05, 3.63) is 52.1 Å². The molecule has 0 aliphatic carbocycles. The van der Waals surface area contributed by atoms with Gasteiger partial charge in [-0.2, -0.15) is 0 Å². The van der Waals surface area contributed by atoms with E-state index in [0.717, 1.165) is 53.9 Å². The lowest BCUT2D eigenvalue weighted by molar-refractivity contribution is 0.654. The van der Waals surface area contributed by atoms with Gasteiger partial charge in [-0.3, -0.25) is 9.47 Å². The summed E-state index contributed by atoms with van der Waals surface area (Å²) in [7, 11) is 0. The first-order valence-corrected chi connectivity index (χ1v) is 9.53. The summed E-state index contributed by atoms with van der Waals surface area (Å²) in [4.78, 5) is 10.1. The molecule has 0 atom stereocenters. The van der Waals surface area contributed by atoms with Crippen LogP contribution in [0, 0.1) is 0 Å². The lowest BCUT2D eigenvalue weighted by Crippen LogP contribution is -2.28. The predicted molar refractivity (Wildman–Crippen MR) is 101 cm³/mol. The van der Waals surface area contributed by atoms with E-state index in [2.05, 4.69) is 76.8 Å². The molecule has 1 aliphatic rings. The van der Waals surface area contributed by atoms with Crippen molar-refractivity contribution < 1.29 is 0 Å². The summed E-state index contributed by atoms with van der Waals surface area (Å²) < 4.78 is 2.97. The van der Waals surface area contributed by atoms with E-state index in [4.69, 9.17) is 0 Å². The van der Waals surface area contributed by atoms with Gasteiger partial charge in [-0.05, 0) is 27.9 Å². The molecule has 1 aliphatic heterocycles. The van der Waals surface area contributed by atoms with Gasteiger partial charge in [-0.15, -0.1) is 10.2 Å². The number of hydrogen-bond acceptors (Lipinski definition) is 4. The molecular formula is C18H21BrN6. The topological polar surface area (TPSA) is 62.6 Å². The van der Waals surface area contributed by atoms with Crippen LogP contribution in [0.5, 0.6) is 0 Å². The number of rotatable bonds is 6. The van der Waals surface area contributed by atoms with Crippen LogP contribution in [0.1, 0.15) is 43.3 Å². The van der Waals surface area contributed by atoms with Crippen LogP contribution in [0.25, 0.3) is 0 Å². The van der Waals surface area contributed by atoms with Crippen molar-refractivity contribution in [1.82, 2.24) is 24.7 Å². The molecule has 7 heteroatoms. The van der Waals surface area contributed by atoms with E-state index < -0.39 is 0 Å². The van der Waals surface area contributed by atoms with Crippen LogP contribution in [-0.2, 0) is 13.0 Å². The quantitative estimate of drug-likeness (QED) is 0.634.